The van der Waals surface area contributed by atoms with Gasteiger partial charge < -0.3 is 20.1 Å². The van der Waals surface area contributed by atoms with E-state index in [1.807, 2.05) is 0 Å². The molecule has 0 amide bonds. The van der Waals surface area contributed by atoms with Crippen molar-refractivity contribution in [2.75, 3.05) is 26.8 Å². The van der Waals surface area contributed by atoms with Crippen LogP contribution in [-0.4, -0.2) is 48.9 Å². The van der Waals surface area contributed by atoms with Crippen molar-refractivity contribution in [2.24, 2.45) is 11.8 Å². The minimum Gasteiger partial charge on any atom is -0.497 e. The smallest absolute Gasteiger partial charge is 0.114 e. The molecular weight excluding hydrogens is 403 g/mol. The third-order valence-electron chi connectivity index (χ3n) is 5.14. The number of ether oxygens (including phenoxy) is 1. The van der Waals surface area contributed by atoms with Gasteiger partial charge in [0.1, 0.15) is 5.76 Å². The molecule has 0 saturated carbocycles. The molecule has 0 spiro atoms. The van der Waals surface area contributed by atoms with E-state index >= 15 is 0 Å². The van der Waals surface area contributed by atoms with Crippen molar-refractivity contribution in [3.8, 4) is 0 Å². The fourth-order valence-electron chi connectivity index (χ4n) is 4.10. The van der Waals surface area contributed by atoms with E-state index in [-0.39, 0.29) is 30.6 Å². The van der Waals surface area contributed by atoms with Crippen LogP contribution in [0.25, 0.3) is 0 Å². The fourth-order valence-corrected chi connectivity index (χ4v) is 4.10. The highest BCUT2D eigenvalue weighted by Crippen LogP contribution is 2.43. The van der Waals surface area contributed by atoms with Crippen LogP contribution in [0.1, 0.15) is 0 Å². The zero-order valence-electron chi connectivity index (χ0n) is 13.2. The summed E-state index contributed by atoms with van der Waals surface area (Å²) in [6.07, 6.45) is 15.3. The maximum Gasteiger partial charge on any atom is 0.114 e. The zero-order chi connectivity index (χ0) is 15.1. The number of nitrogens with zero attached hydrogens (tertiary/aromatic N) is 1. The molecule has 4 unspecified atom stereocenters. The number of nitrogens with one attached hydrogen (secondary N) is 1. The SMILES string of the molecule is COC1=CC2C(C=C1)NC1C=CC3=C(CN(CCO)C=C3)C12.I. The van der Waals surface area contributed by atoms with Gasteiger partial charge in [0, 0.05) is 43.2 Å². The Balaban J connectivity index is 0.00000156. The van der Waals surface area contributed by atoms with Gasteiger partial charge in [-0.15, -0.1) is 24.0 Å². The molecule has 1 fully saturated rings. The first kappa shape index (κ1) is 16.8. The maximum atomic E-state index is 9.20. The first-order valence-corrected chi connectivity index (χ1v) is 7.94. The number of fused-ring (bicyclic) bond motifs is 4. The number of β-amino-alcohol motifs (C(OH)–C–C–N with tert-alkyl or cyclic N) is 1. The molecule has 0 aromatic carbocycles. The number of aliphatic hydroxyl groups is 1. The molecule has 2 aliphatic carbocycles. The lowest BCUT2D eigenvalue weighted by atomic mass is 9.75. The Hall–Kier alpha value is -1.05. The predicted octanol–water partition coefficient (Wildman–Crippen LogP) is 1.97. The average Bonchev–Trinajstić information content (AvgIpc) is 2.93. The molecule has 0 bridgehead atoms. The van der Waals surface area contributed by atoms with Gasteiger partial charge in [-0.3, -0.25) is 0 Å². The molecule has 5 heteroatoms. The summed E-state index contributed by atoms with van der Waals surface area (Å²) in [5, 5.41) is 12.9. The molecule has 4 nitrogen and oxygen atoms in total. The normalized spacial score (nSPS) is 33.7. The molecule has 124 valence electrons. The van der Waals surface area contributed by atoms with Crippen molar-refractivity contribution < 1.29 is 9.84 Å². The van der Waals surface area contributed by atoms with Gasteiger partial charge in [-0.2, -0.15) is 0 Å². The van der Waals surface area contributed by atoms with E-state index in [0.717, 1.165) is 12.3 Å². The van der Waals surface area contributed by atoms with Crippen LogP contribution in [0.3, 0.4) is 0 Å². The molecule has 4 aliphatic rings. The van der Waals surface area contributed by atoms with Gasteiger partial charge in [-0.05, 0) is 29.4 Å². The number of hydrogen-bond acceptors (Lipinski definition) is 4. The largest absolute Gasteiger partial charge is 0.497 e. The lowest BCUT2D eigenvalue weighted by Crippen LogP contribution is -2.36. The van der Waals surface area contributed by atoms with E-state index in [1.54, 1.807) is 7.11 Å². The van der Waals surface area contributed by atoms with Crippen LogP contribution in [0.2, 0.25) is 0 Å². The lowest BCUT2D eigenvalue weighted by Gasteiger charge is -2.35. The van der Waals surface area contributed by atoms with Gasteiger partial charge in [-0.1, -0.05) is 18.2 Å². The molecule has 4 atom stereocenters. The fraction of sp³-hybridized carbons (Fsp3) is 0.444. The molecule has 1 saturated heterocycles. The number of hydrogen-bond donors (Lipinski definition) is 2. The van der Waals surface area contributed by atoms with Gasteiger partial charge in [-0.25, -0.2) is 0 Å². The minimum atomic E-state index is 0. The van der Waals surface area contributed by atoms with Crippen LogP contribution < -0.4 is 5.32 Å². The summed E-state index contributed by atoms with van der Waals surface area (Å²) in [5.74, 6) is 1.85. The molecule has 23 heavy (non-hydrogen) atoms. The van der Waals surface area contributed by atoms with Crippen molar-refractivity contribution >= 4 is 24.0 Å². The zero-order valence-corrected chi connectivity index (χ0v) is 15.5. The highest BCUT2D eigenvalue weighted by Gasteiger charge is 2.45. The second-order valence-electron chi connectivity index (χ2n) is 6.30. The van der Waals surface area contributed by atoms with E-state index in [4.69, 9.17) is 4.74 Å². The summed E-state index contributed by atoms with van der Waals surface area (Å²) < 4.78 is 5.43. The monoisotopic (exact) mass is 426 g/mol. The molecule has 0 radical (unpaired) electrons. The number of allylic oxidation sites excluding steroid dienone is 4. The van der Waals surface area contributed by atoms with Crippen molar-refractivity contribution in [1.82, 2.24) is 10.2 Å². The minimum absolute atomic E-state index is 0. The summed E-state index contributed by atoms with van der Waals surface area (Å²) in [4.78, 5) is 2.20. The Morgan fingerprint density at radius 3 is 2.87 bits per heavy atom. The van der Waals surface area contributed by atoms with Gasteiger partial charge >= 0.3 is 0 Å². The van der Waals surface area contributed by atoms with E-state index < -0.39 is 0 Å². The number of halogens is 1. The molecular formula is C18H23IN2O2. The van der Waals surface area contributed by atoms with Crippen LogP contribution in [0, 0.1) is 11.8 Å². The summed E-state index contributed by atoms with van der Waals surface area (Å²) >= 11 is 0. The number of methoxy groups -OCH3 is 1. The van der Waals surface area contributed by atoms with Crippen molar-refractivity contribution in [3.05, 3.63) is 59.6 Å². The second-order valence-corrected chi connectivity index (χ2v) is 6.30. The van der Waals surface area contributed by atoms with Gasteiger partial charge in [0.15, 0.2) is 0 Å². The Bertz CT molecular complexity index is 621. The predicted molar refractivity (Wildman–Crippen MR) is 101 cm³/mol. The number of aliphatic hydroxyl groups excluding tert-OH is 1. The summed E-state index contributed by atoms with van der Waals surface area (Å²) in [7, 11) is 1.73. The first-order valence-electron chi connectivity index (χ1n) is 7.94. The third kappa shape index (κ3) is 2.90. The third-order valence-corrected chi connectivity index (χ3v) is 5.14. The molecule has 2 aliphatic heterocycles. The number of rotatable bonds is 3. The Morgan fingerprint density at radius 2 is 2.09 bits per heavy atom. The van der Waals surface area contributed by atoms with Crippen molar-refractivity contribution in [2.45, 2.75) is 12.1 Å². The topological polar surface area (TPSA) is 44.7 Å². The molecule has 0 aromatic rings. The van der Waals surface area contributed by atoms with E-state index in [1.165, 1.54) is 11.1 Å². The van der Waals surface area contributed by atoms with Crippen LogP contribution in [-0.2, 0) is 4.74 Å². The van der Waals surface area contributed by atoms with Crippen molar-refractivity contribution in [3.63, 3.8) is 0 Å². The molecule has 2 N–H and O–H groups in total. The Kier molecular flexibility index (Phi) is 4.98. The van der Waals surface area contributed by atoms with Gasteiger partial charge in [0.25, 0.3) is 0 Å². The van der Waals surface area contributed by atoms with Crippen LogP contribution >= 0.6 is 24.0 Å². The molecule has 0 aromatic heterocycles. The van der Waals surface area contributed by atoms with E-state index in [2.05, 4.69) is 52.9 Å². The summed E-state index contributed by atoms with van der Waals surface area (Å²) in [6.45, 7) is 1.79. The van der Waals surface area contributed by atoms with E-state index in [9.17, 15) is 5.11 Å². The lowest BCUT2D eigenvalue weighted by molar-refractivity contribution is 0.237. The van der Waals surface area contributed by atoms with Crippen molar-refractivity contribution in [1.29, 1.82) is 0 Å². The quantitative estimate of drug-likeness (QED) is 0.678. The Morgan fingerprint density at radius 1 is 1.26 bits per heavy atom. The first-order chi connectivity index (χ1) is 10.8. The van der Waals surface area contributed by atoms with Gasteiger partial charge in [0.05, 0.1) is 13.7 Å². The van der Waals surface area contributed by atoms with Crippen LogP contribution in [0.15, 0.2) is 59.6 Å². The van der Waals surface area contributed by atoms with Crippen LogP contribution in [0.5, 0.6) is 0 Å². The Labute approximate surface area is 154 Å². The van der Waals surface area contributed by atoms with Gasteiger partial charge in [0.2, 0.25) is 0 Å². The standard InChI is InChI=1S/C18H22N2O2.HI/c1-22-13-3-5-16-14(10-13)18-15-11-20(8-9-21)7-6-12(15)2-4-17(18)19-16;/h2-7,10,14,16-19,21H,8-9,11H2,1H3;1H. The summed E-state index contributed by atoms with van der Waals surface area (Å²) in [5.41, 5.74) is 2.81. The maximum absolute atomic E-state index is 9.20. The highest BCUT2D eigenvalue weighted by atomic mass is 127. The van der Waals surface area contributed by atoms with E-state index in [0.29, 0.717) is 30.5 Å². The molecule has 4 rings (SSSR count). The summed E-state index contributed by atoms with van der Waals surface area (Å²) in [6, 6.07) is 0.760. The highest BCUT2D eigenvalue weighted by molar-refractivity contribution is 14.0. The van der Waals surface area contributed by atoms with Crippen LogP contribution in [0.4, 0.5) is 0 Å². The molecule has 2 heterocycles. The average molecular weight is 426 g/mol. The second kappa shape index (κ2) is 6.83.